The lowest BCUT2D eigenvalue weighted by molar-refractivity contribution is -0.140. The van der Waals surface area contributed by atoms with Crippen LogP contribution in [0.2, 0.25) is 36.3 Å². The Morgan fingerprint density at radius 1 is 0.862 bits per heavy atom. The van der Waals surface area contributed by atoms with Gasteiger partial charge in [-0.3, -0.25) is 4.79 Å². The number of ether oxygens (including phenoxy) is 1. The van der Waals surface area contributed by atoms with Crippen molar-refractivity contribution in [1.29, 1.82) is 0 Å². The SMILES string of the molecule is CC(C)COC(=O)NC(C(=O)O[Si](C)(C)C(C)(C)C)C(C)O[Si](C)(C)C(C)(C)C. The highest BCUT2D eigenvalue weighted by atomic mass is 28.4. The molecule has 0 bridgehead atoms. The minimum Gasteiger partial charge on any atom is -0.518 e. The first-order chi connectivity index (χ1) is 12.7. The van der Waals surface area contributed by atoms with Gasteiger partial charge in [0, 0.05) is 0 Å². The van der Waals surface area contributed by atoms with Gasteiger partial charge < -0.3 is 18.9 Å². The molecule has 0 rings (SSSR count). The zero-order chi connectivity index (χ0) is 23.4. The van der Waals surface area contributed by atoms with E-state index < -0.39 is 40.8 Å². The molecule has 6 nitrogen and oxygen atoms in total. The standard InChI is InChI=1S/C21H45NO5Si2/c1-15(2)14-25-19(24)22-17(16(3)26-28(10,11)20(4,5)6)18(23)27-29(12,13)21(7,8)9/h15-17H,14H2,1-13H3,(H,22,24). The summed E-state index contributed by atoms with van der Waals surface area (Å²) < 4.78 is 17.6. The molecule has 8 heteroatoms. The molecule has 172 valence electrons. The van der Waals surface area contributed by atoms with Crippen LogP contribution in [0, 0.1) is 5.92 Å². The number of alkyl carbamates (subject to hydrolysis) is 1. The molecular formula is C21H45NO5Si2. The summed E-state index contributed by atoms with van der Waals surface area (Å²) in [4.78, 5) is 25.5. The Hall–Kier alpha value is -0.866. The summed E-state index contributed by atoms with van der Waals surface area (Å²) in [5.74, 6) is -0.247. The molecule has 0 radical (unpaired) electrons. The van der Waals surface area contributed by atoms with Crippen LogP contribution in [0.15, 0.2) is 0 Å². The van der Waals surface area contributed by atoms with E-state index in [1.807, 2.05) is 33.9 Å². The molecule has 0 aliphatic carbocycles. The van der Waals surface area contributed by atoms with Crippen LogP contribution in [0.3, 0.4) is 0 Å². The summed E-state index contributed by atoms with van der Waals surface area (Å²) >= 11 is 0. The predicted octanol–water partition coefficient (Wildman–Crippen LogP) is 5.70. The normalized spacial score (nSPS) is 15.7. The molecule has 1 N–H and O–H groups in total. The van der Waals surface area contributed by atoms with Crippen molar-refractivity contribution in [3.63, 3.8) is 0 Å². The summed E-state index contributed by atoms with van der Waals surface area (Å²) in [5, 5.41) is 2.55. The Morgan fingerprint density at radius 3 is 1.69 bits per heavy atom. The molecule has 0 spiro atoms. The summed E-state index contributed by atoms with van der Waals surface area (Å²) in [6, 6.07) is -0.919. The van der Waals surface area contributed by atoms with Gasteiger partial charge in [0.2, 0.25) is 0 Å². The maximum Gasteiger partial charge on any atom is 0.407 e. The monoisotopic (exact) mass is 447 g/mol. The Bertz CT molecular complexity index is 562. The molecule has 0 saturated carbocycles. The molecule has 2 atom stereocenters. The molecule has 0 aliphatic rings. The van der Waals surface area contributed by atoms with E-state index in [0.29, 0.717) is 0 Å². The average Bonchev–Trinajstić information content (AvgIpc) is 2.47. The number of nitrogens with one attached hydrogen (secondary N) is 1. The van der Waals surface area contributed by atoms with Gasteiger partial charge in [-0.1, -0.05) is 55.4 Å². The van der Waals surface area contributed by atoms with Gasteiger partial charge in [-0.05, 0) is 49.1 Å². The molecule has 0 aromatic rings. The Balaban J connectivity index is 5.60. The molecule has 0 fully saturated rings. The van der Waals surface area contributed by atoms with Crippen LogP contribution in [0.25, 0.3) is 0 Å². The van der Waals surface area contributed by atoms with Crippen molar-refractivity contribution in [2.75, 3.05) is 6.61 Å². The van der Waals surface area contributed by atoms with Gasteiger partial charge in [0.05, 0.1) is 12.7 Å². The van der Waals surface area contributed by atoms with Crippen LogP contribution < -0.4 is 5.32 Å². The molecular weight excluding hydrogens is 402 g/mol. The number of carbonyl (C=O) groups excluding carboxylic acids is 2. The molecule has 0 aromatic heterocycles. The van der Waals surface area contributed by atoms with E-state index in [9.17, 15) is 9.59 Å². The Kier molecular flexibility index (Phi) is 9.66. The lowest BCUT2D eigenvalue weighted by atomic mass is 10.2. The van der Waals surface area contributed by atoms with Crippen molar-refractivity contribution < 1.29 is 23.2 Å². The highest BCUT2D eigenvalue weighted by Crippen LogP contribution is 2.39. The summed E-state index contributed by atoms with van der Waals surface area (Å²) in [7, 11) is -4.49. The quantitative estimate of drug-likeness (QED) is 0.483. The molecule has 0 aliphatic heterocycles. The Morgan fingerprint density at radius 2 is 1.31 bits per heavy atom. The molecule has 0 saturated heterocycles. The second-order valence-corrected chi connectivity index (χ2v) is 20.9. The molecule has 0 aromatic carbocycles. The van der Waals surface area contributed by atoms with Crippen LogP contribution >= 0.6 is 0 Å². The second kappa shape index (κ2) is 9.96. The lowest BCUT2D eigenvalue weighted by Crippen LogP contribution is -2.56. The highest BCUT2D eigenvalue weighted by Gasteiger charge is 2.45. The van der Waals surface area contributed by atoms with Gasteiger partial charge in [0.15, 0.2) is 14.4 Å². The summed E-state index contributed by atoms with van der Waals surface area (Å²) in [6.07, 6.45) is -1.15. The third kappa shape index (κ3) is 8.80. The molecule has 29 heavy (non-hydrogen) atoms. The van der Waals surface area contributed by atoms with Crippen molar-refractivity contribution >= 4 is 28.7 Å². The fourth-order valence-corrected chi connectivity index (χ4v) is 4.31. The van der Waals surface area contributed by atoms with E-state index in [1.165, 1.54) is 0 Å². The number of rotatable bonds is 8. The zero-order valence-electron chi connectivity index (χ0n) is 21.0. The van der Waals surface area contributed by atoms with Gasteiger partial charge >= 0.3 is 12.1 Å². The van der Waals surface area contributed by atoms with Crippen molar-refractivity contribution in [3.05, 3.63) is 0 Å². The van der Waals surface area contributed by atoms with Gasteiger partial charge in [-0.25, -0.2) is 4.79 Å². The van der Waals surface area contributed by atoms with Gasteiger partial charge in [0.1, 0.15) is 0 Å². The van der Waals surface area contributed by atoms with Crippen molar-refractivity contribution in [3.8, 4) is 0 Å². The summed E-state index contributed by atoms with van der Waals surface area (Å²) in [6.45, 7) is 26.9. The van der Waals surface area contributed by atoms with E-state index in [1.54, 1.807) is 0 Å². The molecule has 2 unspecified atom stereocenters. The van der Waals surface area contributed by atoms with E-state index in [2.05, 4.69) is 60.0 Å². The topological polar surface area (TPSA) is 73.9 Å². The van der Waals surface area contributed by atoms with Gasteiger partial charge in [0.25, 0.3) is 8.32 Å². The van der Waals surface area contributed by atoms with E-state index in [4.69, 9.17) is 13.6 Å². The fraction of sp³-hybridized carbons (Fsp3) is 0.905. The fourth-order valence-electron chi connectivity index (χ4n) is 1.96. The maximum atomic E-state index is 13.1. The van der Waals surface area contributed by atoms with Crippen LogP contribution in [0.4, 0.5) is 4.79 Å². The van der Waals surface area contributed by atoms with Gasteiger partial charge in [-0.15, -0.1) is 0 Å². The number of hydrogen-bond acceptors (Lipinski definition) is 5. The first kappa shape index (κ1) is 28.1. The second-order valence-electron chi connectivity index (χ2n) is 11.4. The smallest absolute Gasteiger partial charge is 0.407 e. The van der Waals surface area contributed by atoms with Crippen molar-refractivity contribution in [2.24, 2.45) is 5.92 Å². The molecule has 0 heterocycles. The van der Waals surface area contributed by atoms with Crippen LogP contribution in [-0.4, -0.2) is 47.5 Å². The zero-order valence-corrected chi connectivity index (χ0v) is 23.0. The van der Waals surface area contributed by atoms with E-state index >= 15 is 0 Å². The lowest BCUT2D eigenvalue weighted by Gasteiger charge is -2.41. The van der Waals surface area contributed by atoms with Crippen molar-refractivity contribution in [2.45, 2.75) is 111 Å². The van der Waals surface area contributed by atoms with Crippen molar-refractivity contribution in [1.82, 2.24) is 5.32 Å². The van der Waals surface area contributed by atoms with E-state index in [-0.39, 0.29) is 22.6 Å². The van der Waals surface area contributed by atoms with Crippen LogP contribution in [-0.2, 0) is 18.4 Å². The first-order valence-corrected chi connectivity index (χ1v) is 16.4. The highest BCUT2D eigenvalue weighted by molar-refractivity contribution is 6.75. The largest absolute Gasteiger partial charge is 0.518 e. The van der Waals surface area contributed by atoms with Gasteiger partial charge in [-0.2, -0.15) is 0 Å². The number of carbonyl (C=O) groups is 2. The Labute approximate surface area is 180 Å². The third-order valence-corrected chi connectivity index (χ3v) is 14.9. The maximum absolute atomic E-state index is 13.1. The minimum atomic E-state index is -2.35. The predicted molar refractivity (Wildman–Crippen MR) is 124 cm³/mol. The molecule has 1 amide bonds. The third-order valence-electron chi connectivity index (χ3n) is 5.99. The summed E-state index contributed by atoms with van der Waals surface area (Å²) in [5.41, 5.74) is 0. The van der Waals surface area contributed by atoms with Crippen LogP contribution in [0.1, 0.15) is 62.3 Å². The van der Waals surface area contributed by atoms with Crippen LogP contribution in [0.5, 0.6) is 0 Å². The number of hydrogen-bond donors (Lipinski definition) is 1. The minimum absolute atomic E-state index is 0.0205. The number of amides is 1. The average molecular weight is 448 g/mol. The first-order valence-electron chi connectivity index (χ1n) is 10.6. The van der Waals surface area contributed by atoms with E-state index in [0.717, 1.165) is 0 Å².